The van der Waals surface area contributed by atoms with E-state index in [-0.39, 0.29) is 0 Å². The maximum absolute atomic E-state index is 11.3. The first-order valence-corrected chi connectivity index (χ1v) is 6.48. The van der Waals surface area contributed by atoms with Gasteiger partial charge in [0.1, 0.15) is 5.78 Å². The summed E-state index contributed by atoms with van der Waals surface area (Å²) in [5.74, 6) is 1.62. The molecule has 0 radical (unpaired) electrons. The Labute approximate surface area is 94.6 Å². The molecule has 0 spiro atoms. The van der Waals surface area contributed by atoms with Crippen LogP contribution in [-0.4, -0.2) is 5.78 Å². The molecule has 0 aliphatic heterocycles. The minimum Gasteiger partial charge on any atom is -0.300 e. The van der Waals surface area contributed by atoms with Crippen LogP contribution in [0.15, 0.2) is 0 Å². The van der Waals surface area contributed by atoms with Crippen LogP contribution in [0.5, 0.6) is 0 Å². The van der Waals surface area contributed by atoms with Gasteiger partial charge in [0.2, 0.25) is 0 Å². The lowest BCUT2D eigenvalue weighted by atomic mass is 9.66. The Balaban J connectivity index is 2.46. The first-order chi connectivity index (χ1) is 6.97. The van der Waals surface area contributed by atoms with Gasteiger partial charge < -0.3 is 0 Å². The minimum atomic E-state index is 0.374. The molecule has 0 saturated heterocycles. The van der Waals surface area contributed by atoms with Gasteiger partial charge in [-0.25, -0.2) is 0 Å². The van der Waals surface area contributed by atoms with Crippen LogP contribution in [0.1, 0.15) is 66.2 Å². The third-order valence-corrected chi connectivity index (χ3v) is 4.30. The van der Waals surface area contributed by atoms with Crippen molar-refractivity contribution < 1.29 is 4.79 Å². The predicted octanol–water partition coefficient (Wildman–Crippen LogP) is 4.21. The Bertz CT molecular complexity index is 209. The molecule has 0 bridgehead atoms. The molecular weight excluding hydrogens is 184 g/mol. The molecule has 1 aliphatic carbocycles. The van der Waals surface area contributed by atoms with E-state index in [9.17, 15) is 4.79 Å². The van der Waals surface area contributed by atoms with Crippen LogP contribution in [0.3, 0.4) is 0 Å². The lowest BCUT2D eigenvalue weighted by molar-refractivity contribution is -0.122. The summed E-state index contributed by atoms with van der Waals surface area (Å²) >= 11 is 0. The van der Waals surface area contributed by atoms with Crippen LogP contribution in [0.25, 0.3) is 0 Å². The van der Waals surface area contributed by atoms with E-state index < -0.39 is 0 Å². The lowest BCUT2D eigenvalue weighted by Crippen LogP contribution is -2.30. The number of hydrogen-bond donors (Lipinski definition) is 0. The standard InChI is InChI=1S/C14H26O/c1-5-10-14(3,4)13-8-6-12(7-9-13)11(2)15/h12-13H,5-10H2,1-4H3. The number of rotatable bonds is 4. The predicted molar refractivity (Wildman–Crippen MR) is 64.8 cm³/mol. The maximum Gasteiger partial charge on any atom is 0.132 e. The monoisotopic (exact) mass is 210 g/mol. The lowest BCUT2D eigenvalue weighted by Gasteiger charge is -2.39. The van der Waals surface area contributed by atoms with Crippen LogP contribution in [0.4, 0.5) is 0 Å². The van der Waals surface area contributed by atoms with Gasteiger partial charge >= 0.3 is 0 Å². The van der Waals surface area contributed by atoms with Gasteiger partial charge in [0.25, 0.3) is 0 Å². The van der Waals surface area contributed by atoms with E-state index in [1.54, 1.807) is 6.92 Å². The summed E-state index contributed by atoms with van der Waals surface area (Å²) in [7, 11) is 0. The van der Waals surface area contributed by atoms with Gasteiger partial charge in [0.15, 0.2) is 0 Å². The molecular formula is C14H26O. The molecule has 0 aromatic carbocycles. The second kappa shape index (κ2) is 5.14. The van der Waals surface area contributed by atoms with Crippen molar-refractivity contribution in [2.75, 3.05) is 0 Å². The second-order valence-corrected chi connectivity index (χ2v) is 5.90. The largest absolute Gasteiger partial charge is 0.300 e. The Morgan fingerprint density at radius 3 is 2.13 bits per heavy atom. The first-order valence-electron chi connectivity index (χ1n) is 6.48. The highest BCUT2D eigenvalue weighted by Gasteiger charge is 2.33. The quantitative estimate of drug-likeness (QED) is 0.679. The van der Waals surface area contributed by atoms with Crippen LogP contribution in [0, 0.1) is 17.3 Å². The van der Waals surface area contributed by atoms with Crippen molar-refractivity contribution in [2.45, 2.75) is 66.2 Å². The fourth-order valence-corrected chi connectivity index (χ4v) is 3.13. The first kappa shape index (κ1) is 12.7. The summed E-state index contributed by atoms with van der Waals surface area (Å²) in [4.78, 5) is 11.3. The van der Waals surface area contributed by atoms with Crippen molar-refractivity contribution in [3.8, 4) is 0 Å². The summed E-state index contributed by atoms with van der Waals surface area (Å²) in [6.45, 7) is 8.82. The Kier molecular flexibility index (Phi) is 4.36. The molecule has 0 amide bonds. The van der Waals surface area contributed by atoms with E-state index in [1.807, 2.05) is 0 Å². The summed E-state index contributed by atoms with van der Waals surface area (Å²) in [5, 5.41) is 0. The van der Waals surface area contributed by atoms with Gasteiger partial charge in [-0.3, -0.25) is 4.79 Å². The van der Waals surface area contributed by atoms with Crippen molar-refractivity contribution in [1.82, 2.24) is 0 Å². The normalized spacial score (nSPS) is 27.7. The van der Waals surface area contributed by atoms with E-state index in [1.165, 1.54) is 25.7 Å². The zero-order chi connectivity index (χ0) is 11.5. The molecule has 1 fully saturated rings. The average Bonchev–Trinajstić information content (AvgIpc) is 2.18. The number of Topliss-reactive ketones (excluding diaryl/α,β-unsaturated/α-hetero) is 1. The van der Waals surface area contributed by atoms with Crippen molar-refractivity contribution in [2.24, 2.45) is 17.3 Å². The smallest absolute Gasteiger partial charge is 0.132 e. The Morgan fingerprint density at radius 1 is 1.20 bits per heavy atom. The summed E-state index contributed by atoms with van der Waals surface area (Å²) in [6.07, 6.45) is 7.39. The number of hydrogen-bond acceptors (Lipinski definition) is 1. The number of carbonyl (C=O) groups is 1. The maximum atomic E-state index is 11.3. The molecule has 1 rings (SSSR count). The molecule has 0 heterocycles. The highest BCUT2D eigenvalue weighted by molar-refractivity contribution is 5.78. The summed E-state index contributed by atoms with van der Waals surface area (Å²) in [6, 6.07) is 0. The Hall–Kier alpha value is -0.330. The molecule has 0 aromatic rings. The van der Waals surface area contributed by atoms with Gasteiger partial charge in [-0.15, -0.1) is 0 Å². The van der Waals surface area contributed by atoms with Gasteiger partial charge in [-0.1, -0.05) is 27.2 Å². The highest BCUT2D eigenvalue weighted by atomic mass is 16.1. The molecule has 1 saturated carbocycles. The van der Waals surface area contributed by atoms with Crippen LogP contribution < -0.4 is 0 Å². The SMILES string of the molecule is CCCC(C)(C)C1CCC(C(C)=O)CC1. The summed E-state index contributed by atoms with van der Waals surface area (Å²) in [5.41, 5.74) is 0.483. The van der Waals surface area contributed by atoms with Gasteiger partial charge in [0.05, 0.1) is 0 Å². The van der Waals surface area contributed by atoms with Crippen LogP contribution >= 0.6 is 0 Å². The molecule has 88 valence electrons. The molecule has 0 N–H and O–H groups in total. The Morgan fingerprint density at radius 2 is 1.73 bits per heavy atom. The van der Waals surface area contributed by atoms with Crippen molar-refractivity contribution >= 4 is 5.78 Å². The zero-order valence-corrected chi connectivity index (χ0v) is 10.8. The molecule has 0 atom stereocenters. The second-order valence-electron chi connectivity index (χ2n) is 5.90. The highest BCUT2D eigenvalue weighted by Crippen LogP contribution is 2.42. The topological polar surface area (TPSA) is 17.1 Å². The summed E-state index contributed by atoms with van der Waals surface area (Å²) < 4.78 is 0. The van der Waals surface area contributed by atoms with E-state index in [4.69, 9.17) is 0 Å². The molecule has 0 unspecified atom stereocenters. The van der Waals surface area contributed by atoms with Crippen LogP contribution in [0.2, 0.25) is 0 Å². The number of carbonyl (C=O) groups excluding carboxylic acids is 1. The van der Waals surface area contributed by atoms with Crippen molar-refractivity contribution in [1.29, 1.82) is 0 Å². The fourth-order valence-electron chi connectivity index (χ4n) is 3.13. The van der Waals surface area contributed by atoms with Crippen LogP contribution in [-0.2, 0) is 4.79 Å². The van der Waals surface area contributed by atoms with Crippen molar-refractivity contribution in [3.05, 3.63) is 0 Å². The molecule has 0 aromatic heterocycles. The van der Waals surface area contributed by atoms with Gasteiger partial charge in [-0.05, 0) is 50.4 Å². The third kappa shape index (κ3) is 3.32. The fraction of sp³-hybridized carbons (Fsp3) is 0.929. The zero-order valence-electron chi connectivity index (χ0n) is 10.8. The minimum absolute atomic E-state index is 0.374. The van der Waals surface area contributed by atoms with E-state index >= 15 is 0 Å². The van der Waals surface area contributed by atoms with E-state index in [0.717, 1.165) is 18.8 Å². The molecule has 15 heavy (non-hydrogen) atoms. The molecule has 1 aliphatic rings. The van der Waals surface area contributed by atoms with Gasteiger partial charge in [0, 0.05) is 5.92 Å². The van der Waals surface area contributed by atoms with Crippen molar-refractivity contribution in [3.63, 3.8) is 0 Å². The number of ketones is 1. The molecule has 1 nitrogen and oxygen atoms in total. The van der Waals surface area contributed by atoms with E-state index in [2.05, 4.69) is 20.8 Å². The molecule has 1 heteroatoms. The van der Waals surface area contributed by atoms with Gasteiger partial charge in [-0.2, -0.15) is 0 Å². The third-order valence-electron chi connectivity index (χ3n) is 4.30. The van der Waals surface area contributed by atoms with E-state index in [0.29, 0.717) is 17.1 Å². The average molecular weight is 210 g/mol.